The van der Waals surface area contributed by atoms with Crippen molar-refractivity contribution in [1.29, 1.82) is 0 Å². The second kappa shape index (κ2) is 15.5. The van der Waals surface area contributed by atoms with Gasteiger partial charge in [0, 0.05) is 5.41 Å². The van der Waals surface area contributed by atoms with Gasteiger partial charge in [-0.25, -0.2) is 6.07 Å². The maximum atomic E-state index is 2.43. The Morgan fingerprint density at radius 2 is 1.12 bits per heavy atom. The first-order valence-electron chi connectivity index (χ1n) is 10.7. The molecule has 0 heterocycles. The summed E-state index contributed by atoms with van der Waals surface area (Å²) >= 11 is 0. The molecule has 0 amide bonds. The number of hydrogen-bond acceptors (Lipinski definition) is 0. The normalized spacial score (nSPS) is 10.1. The van der Waals surface area contributed by atoms with Crippen molar-refractivity contribution in [2.45, 2.75) is 38.0 Å². The average molecular weight is 532 g/mol. The molecule has 0 saturated carbocycles. The molecule has 4 aromatic carbocycles. The molecule has 0 bridgehead atoms. The van der Waals surface area contributed by atoms with E-state index >= 15 is 0 Å². The molecule has 0 atom stereocenters. The van der Waals surface area contributed by atoms with Crippen LogP contribution in [0, 0.1) is 0 Å². The fourth-order valence-electron chi connectivity index (χ4n) is 4.52. The summed E-state index contributed by atoms with van der Waals surface area (Å²) < 4.78 is 0. The Morgan fingerprint density at radius 1 is 0.636 bits per heavy atom. The van der Waals surface area contributed by atoms with Gasteiger partial charge in [-0.05, 0) is 17.5 Å². The standard InChI is InChI=1S/C29H29.3ClH.Ti/c1-2-3-21-29(26-15-9-5-10-16-26,27-17-11-6-12-18-27)28-20-19-25(23-28)22-24-13-7-4-8-14-24;;;;/h4-20,23H,2-3,21-22H2,1H3;3*1H;/q-1;;;;+4/p-3. The van der Waals surface area contributed by atoms with E-state index in [0.29, 0.717) is 0 Å². The average Bonchev–Trinajstić information content (AvgIpc) is 3.25. The number of rotatable bonds is 8. The van der Waals surface area contributed by atoms with Gasteiger partial charge in [-0.2, -0.15) is 17.7 Å². The van der Waals surface area contributed by atoms with Crippen LogP contribution in [0.4, 0.5) is 0 Å². The van der Waals surface area contributed by atoms with Crippen molar-refractivity contribution in [3.05, 3.63) is 137 Å². The number of halogens is 3. The van der Waals surface area contributed by atoms with Crippen LogP contribution < -0.4 is 37.2 Å². The minimum absolute atomic E-state index is 0. The first kappa shape index (κ1) is 31.6. The first-order valence-corrected chi connectivity index (χ1v) is 10.7. The summed E-state index contributed by atoms with van der Waals surface area (Å²) in [7, 11) is 0. The van der Waals surface area contributed by atoms with E-state index in [2.05, 4.69) is 116 Å². The number of benzene rings is 3. The van der Waals surface area contributed by atoms with Gasteiger partial charge in [-0.3, -0.25) is 0 Å². The summed E-state index contributed by atoms with van der Waals surface area (Å²) in [6.45, 7) is 2.28. The quantitative estimate of drug-likeness (QED) is 0.193. The molecule has 0 N–H and O–H groups in total. The number of hydrogen-bond donors (Lipinski definition) is 0. The zero-order valence-electron chi connectivity index (χ0n) is 18.9. The van der Waals surface area contributed by atoms with E-state index in [1.54, 1.807) is 0 Å². The Kier molecular flexibility index (Phi) is 14.8. The smallest absolute Gasteiger partial charge is 1.00 e. The van der Waals surface area contributed by atoms with E-state index in [1.807, 2.05) is 0 Å². The predicted octanol–water partition coefficient (Wildman–Crippen LogP) is -1.47. The van der Waals surface area contributed by atoms with Crippen molar-refractivity contribution in [3.8, 4) is 0 Å². The van der Waals surface area contributed by atoms with E-state index in [-0.39, 0.29) is 64.4 Å². The molecule has 0 aromatic heterocycles. The molecule has 4 rings (SSSR count). The van der Waals surface area contributed by atoms with Gasteiger partial charge in [-0.1, -0.05) is 123 Å². The summed E-state index contributed by atoms with van der Waals surface area (Å²) in [5.41, 5.74) is 6.83. The summed E-state index contributed by atoms with van der Waals surface area (Å²) in [6.07, 6.45) is 4.49. The Balaban J connectivity index is 0.00000256. The summed E-state index contributed by atoms with van der Waals surface area (Å²) in [4.78, 5) is 0. The van der Waals surface area contributed by atoms with Crippen LogP contribution in [-0.2, 0) is 33.6 Å². The molecule has 0 nitrogen and oxygen atoms in total. The van der Waals surface area contributed by atoms with E-state index in [1.165, 1.54) is 40.7 Å². The van der Waals surface area contributed by atoms with Crippen LogP contribution in [0.5, 0.6) is 0 Å². The van der Waals surface area contributed by atoms with Gasteiger partial charge in [0.15, 0.2) is 0 Å². The Morgan fingerprint density at radius 3 is 1.61 bits per heavy atom. The van der Waals surface area contributed by atoms with Crippen LogP contribution in [0.15, 0.2) is 109 Å². The zero-order valence-corrected chi connectivity index (χ0v) is 22.7. The van der Waals surface area contributed by atoms with Crippen molar-refractivity contribution in [2.75, 3.05) is 0 Å². The van der Waals surface area contributed by atoms with Crippen LogP contribution in [0.2, 0.25) is 0 Å². The minimum atomic E-state index is -0.104. The van der Waals surface area contributed by atoms with E-state index in [9.17, 15) is 0 Å². The third-order valence-electron chi connectivity index (χ3n) is 6.00. The van der Waals surface area contributed by atoms with Crippen LogP contribution in [-0.4, -0.2) is 0 Å². The van der Waals surface area contributed by atoms with Gasteiger partial charge in [0.2, 0.25) is 0 Å². The zero-order chi connectivity index (χ0) is 19.9. The second-order valence-corrected chi connectivity index (χ2v) is 7.91. The molecule has 0 saturated heterocycles. The monoisotopic (exact) mass is 530 g/mol. The molecule has 0 fully saturated rings. The molecule has 0 aliphatic rings. The maximum absolute atomic E-state index is 2.43. The molecule has 4 heteroatoms. The molecule has 33 heavy (non-hydrogen) atoms. The third-order valence-corrected chi connectivity index (χ3v) is 6.00. The molecular formula is C29H29Cl3Ti. The fraction of sp³-hybridized carbons (Fsp3) is 0.207. The van der Waals surface area contributed by atoms with Gasteiger partial charge in [-0.15, -0.1) is 5.56 Å². The molecule has 0 unspecified atom stereocenters. The van der Waals surface area contributed by atoms with Crippen LogP contribution in [0.25, 0.3) is 0 Å². The van der Waals surface area contributed by atoms with Crippen molar-refractivity contribution in [1.82, 2.24) is 0 Å². The largest absolute Gasteiger partial charge is 4.00 e. The summed E-state index contributed by atoms with van der Waals surface area (Å²) in [6, 6.07) is 40.0. The molecule has 0 aliphatic heterocycles. The van der Waals surface area contributed by atoms with E-state index < -0.39 is 0 Å². The molecule has 0 spiro atoms. The van der Waals surface area contributed by atoms with Crippen molar-refractivity contribution in [3.63, 3.8) is 0 Å². The van der Waals surface area contributed by atoms with Gasteiger partial charge in [0.25, 0.3) is 0 Å². The summed E-state index contributed by atoms with van der Waals surface area (Å²) in [5.74, 6) is 0. The molecular weight excluding hydrogens is 503 g/mol. The molecule has 0 radical (unpaired) electrons. The molecule has 170 valence electrons. The Bertz CT molecular complexity index is 975. The SMILES string of the molecule is CCCCC(c1ccccc1)(c1ccccc1)[c-]1ccc(Cc2ccccc2)c1.[Cl-].[Cl-].[Cl-].[Ti+4]. The summed E-state index contributed by atoms with van der Waals surface area (Å²) in [5, 5.41) is 0. The Labute approximate surface area is 232 Å². The second-order valence-electron chi connectivity index (χ2n) is 7.91. The Hall–Kier alpha value is -1.41. The fourth-order valence-corrected chi connectivity index (χ4v) is 4.52. The minimum Gasteiger partial charge on any atom is -1.00 e. The van der Waals surface area contributed by atoms with E-state index in [4.69, 9.17) is 0 Å². The van der Waals surface area contributed by atoms with Gasteiger partial charge in [0.1, 0.15) is 0 Å². The van der Waals surface area contributed by atoms with Crippen LogP contribution in [0.3, 0.4) is 0 Å². The van der Waals surface area contributed by atoms with E-state index in [0.717, 1.165) is 12.8 Å². The van der Waals surface area contributed by atoms with Crippen molar-refractivity contribution < 1.29 is 58.9 Å². The van der Waals surface area contributed by atoms with Gasteiger partial charge >= 0.3 is 21.7 Å². The van der Waals surface area contributed by atoms with Gasteiger partial charge < -0.3 is 37.2 Å². The van der Waals surface area contributed by atoms with Gasteiger partial charge in [0.05, 0.1) is 0 Å². The number of unbranched alkanes of at least 4 members (excludes halogenated alkanes) is 1. The maximum Gasteiger partial charge on any atom is 4.00 e. The molecule has 0 aliphatic carbocycles. The molecule has 4 aromatic rings. The van der Waals surface area contributed by atoms with Crippen molar-refractivity contribution >= 4 is 0 Å². The first-order chi connectivity index (χ1) is 14.3. The third kappa shape index (κ3) is 7.29. The predicted molar refractivity (Wildman–Crippen MR) is 124 cm³/mol. The van der Waals surface area contributed by atoms with Crippen LogP contribution in [0.1, 0.15) is 54.0 Å². The topological polar surface area (TPSA) is 0 Å². The van der Waals surface area contributed by atoms with Crippen molar-refractivity contribution in [2.24, 2.45) is 0 Å². The van der Waals surface area contributed by atoms with Crippen LogP contribution >= 0.6 is 0 Å².